The minimum atomic E-state index is -0.452. The fourth-order valence-electron chi connectivity index (χ4n) is 2.92. The molecule has 0 aliphatic carbocycles. The summed E-state index contributed by atoms with van der Waals surface area (Å²) in [5.41, 5.74) is 3.47. The summed E-state index contributed by atoms with van der Waals surface area (Å²) in [7, 11) is 0. The zero-order valence-electron chi connectivity index (χ0n) is 17.5. The number of amides is 1. The molecular weight excluding hydrogens is 685 g/mol. The molecule has 0 aromatic heterocycles. The fourth-order valence-corrected chi connectivity index (χ4v) is 5.37. The largest absolute Gasteiger partial charge is 0.487 e. The molecule has 0 saturated heterocycles. The molecule has 0 saturated carbocycles. The molecule has 1 N–H and O–H groups in total. The van der Waals surface area contributed by atoms with Gasteiger partial charge in [0.2, 0.25) is 0 Å². The summed E-state index contributed by atoms with van der Waals surface area (Å²) in [5.74, 6) is 0.269. The number of hydrogen-bond donors (Lipinski definition) is 1. The highest BCUT2D eigenvalue weighted by molar-refractivity contribution is 14.1. The first-order valence-electron chi connectivity index (χ1n) is 9.88. The summed E-state index contributed by atoms with van der Waals surface area (Å²) in [6.07, 6.45) is 2.49. The van der Waals surface area contributed by atoms with Crippen molar-refractivity contribution in [2.45, 2.75) is 20.0 Å². The summed E-state index contributed by atoms with van der Waals surface area (Å²) < 4.78 is 7.72. The number of aryl methyl sites for hydroxylation is 1. The summed E-state index contributed by atoms with van der Waals surface area (Å²) in [6.45, 7) is 2.40. The number of halogens is 4. The van der Waals surface area contributed by atoms with Crippen LogP contribution < -0.4 is 10.1 Å². The van der Waals surface area contributed by atoms with Gasteiger partial charge in [-0.1, -0.05) is 48.3 Å². The maximum absolute atomic E-state index is 12.6. The first-order chi connectivity index (χ1) is 15.8. The Hall–Kier alpha value is -1.80. The standard InChI is InChI=1S/C25H18Cl2I2N2O2/c1-2-15-3-6-19(7-4-15)31-25(32)18(13-30)9-17-11-22(28)24(23(29)12-17)33-14-16-5-8-20(26)21(27)10-16/h3-12H,2,14H2,1H3,(H,31,32)/b18-9+. The van der Waals surface area contributed by atoms with Crippen molar-refractivity contribution >= 4 is 86.1 Å². The highest BCUT2D eigenvalue weighted by atomic mass is 127. The van der Waals surface area contributed by atoms with Crippen LogP contribution in [0.2, 0.25) is 10.0 Å². The lowest BCUT2D eigenvalue weighted by Gasteiger charge is -2.12. The number of benzene rings is 3. The number of hydrogen-bond acceptors (Lipinski definition) is 3. The molecule has 4 nitrogen and oxygen atoms in total. The van der Waals surface area contributed by atoms with E-state index in [1.165, 1.54) is 5.56 Å². The van der Waals surface area contributed by atoms with E-state index in [1.54, 1.807) is 18.2 Å². The Morgan fingerprint density at radius 1 is 1.03 bits per heavy atom. The zero-order chi connectivity index (χ0) is 24.0. The lowest BCUT2D eigenvalue weighted by Crippen LogP contribution is -2.13. The van der Waals surface area contributed by atoms with Gasteiger partial charge in [-0.25, -0.2) is 0 Å². The van der Waals surface area contributed by atoms with E-state index in [4.69, 9.17) is 27.9 Å². The maximum Gasteiger partial charge on any atom is 0.266 e. The van der Waals surface area contributed by atoms with Gasteiger partial charge in [0, 0.05) is 5.69 Å². The smallest absolute Gasteiger partial charge is 0.266 e. The molecule has 0 atom stereocenters. The highest BCUT2D eigenvalue weighted by Crippen LogP contribution is 2.31. The number of rotatable bonds is 7. The lowest BCUT2D eigenvalue weighted by molar-refractivity contribution is -0.112. The third-order valence-electron chi connectivity index (χ3n) is 4.68. The van der Waals surface area contributed by atoms with E-state index >= 15 is 0 Å². The van der Waals surface area contributed by atoms with Crippen molar-refractivity contribution in [3.63, 3.8) is 0 Å². The van der Waals surface area contributed by atoms with Gasteiger partial charge in [-0.15, -0.1) is 0 Å². The van der Waals surface area contributed by atoms with Gasteiger partial charge < -0.3 is 10.1 Å². The molecule has 0 aliphatic heterocycles. The molecule has 0 bridgehead atoms. The third-order valence-corrected chi connectivity index (χ3v) is 7.03. The lowest BCUT2D eigenvalue weighted by atomic mass is 10.1. The average molecular weight is 703 g/mol. The van der Waals surface area contributed by atoms with Crippen molar-refractivity contribution in [1.82, 2.24) is 0 Å². The van der Waals surface area contributed by atoms with Crippen LogP contribution in [-0.2, 0) is 17.8 Å². The van der Waals surface area contributed by atoms with Crippen LogP contribution in [0.1, 0.15) is 23.6 Å². The molecule has 3 aromatic rings. The van der Waals surface area contributed by atoms with Crippen LogP contribution in [0.25, 0.3) is 6.08 Å². The zero-order valence-corrected chi connectivity index (χ0v) is 23.3. The van der Waals surface area contributed by atoms with E-state index in [0.29, 0.717) is 22.3 Å². The van der Waals surface area contributed by atoms with Crippen LogP contribution >= 0.6 is 68.4 Å². The number of ether oxygens (including phenoxy) is 1. The van der Waals surface area contributed by atoms with Crippen LogP contribution in [0.3, 0.4) is 0 Å². The molecule has 168 valence electrons. The molecule has 1 amide bonds. The molecular formula is C25H18Cl2I2N2O2. The van der Waals surface area contributed by atoms with Gasteiger partial charge in [-0.05, 0) is 111 Å². The number of carbonyl (C=O) groups excluding carboxylic acids is 1. The van der Waals surface area contributed by atoms with Crippen molar-refractivity contribution in [3.05, 3.63) is 94.0 Å². The first kappa shape index (κ1) is 25.8. The quantitative estimate of drug-likeness (QED) is 0.155. The number of carbonyl (C=O) groups is 1. The van der Waals surface area contributed by atoms with Gasteiger partial charge >= 0.3 is 0 Å². The Labute approximate surface area is 230 Å². The third kappa shape index (κ3) is 7.09. The summed E-state index contributed by atoms with van der Waals surface area (Å²) in [4.78, 5) is 12.6. The molecule has 3 aromatic carbocycles. The minimum Gasteiger partial charge on any atom is -0.487 e. The second kappa shape index (κ2) is 12.1. The van der Waals surface area contributed by atoms with Gasteiger partial charge in [0.1, 0.15) is 24.0 Å². The molecule has 0 radical (unpaired) electrons. The van der Waals surface area contributed by atoms with E-state index < -0.39 is 5.91 Å². The Balaban J connectivity index is 1.75. The average Bonchev–Trinajstić information content (AvgIpc) is 2.79. The summed E-state index contributed by atoms with van der Waals surface area (Å²) >= 11 is 16.4. The van der Waals surface area contributed by atoms with Gasteiger partial charge in [-0.2, -0.15) is 5.26 Å². The van der Waals surface area contributed by atoms with Crippen LogP contribution in [0.15, 0.2) is 60.2 Å². The molecule has 0 aliphatic rings. The Kier molecular flexibility index (Phi) is 9.44. The van der Waals surface area contributed by atoms with E-state index in [0.717, 1.165) is 30.4 Å². The predicted molar refractivity (Wildman–Crippen MR) is 151 cm³/mol. The van der Waals surface area contributed by atoms with Crippen molar-refractivity contribution in [2.24, 2.45) is 0 Å². The Morgan fingerprint density at radius 3 is 2.24 bits per heavy atom. The first-order valence-corrected chi connectivity index (χ1v) is 12.8. The van der Waals surface area contributed by atoms with Crippen molar-refractivity contribution in [2.75, 3.05) is 5.32 Å². The van der Waals surface area contributed by atoms with Gasteiger partial charge in [0.05, 0.1) is 17.2 Å². The SMILES string of the molecule is CCc1ccc(NC(=O)/C(C#N)=C/c2cc(I)c(OCc3ccc(Cl)c(Cl)c3)c(I)c2)cc1. The fraction of sp³-hybridized carbons (Fsp3) is 0.120. The van der Waals surface area contributed by atoms with Crippen LogP contribution in [0.5, 0.6) is 5.75 Å². The van der Waals surface area contributed by atoms with Crippen LogP contribution in [0.4, 0.5) is 5.69 Å². The monoisotopic (exact) mass is 702 g/mol. The van der Waals surface area contributed by atoms with E-state index in [2.05, 4.69) is 57.4 Å². The molecule has 33 heavy (non-hydrogen) atoms. The van der Waals surface area contributed by atoms with Crippen molar-refractivity contribution < 1.29 is 9.53 Å². The molecule has 0 heterocycles. The van der Waals surface area contributed by atoms with Gasteiger partial charge in [0.25, 0.3) is 5.91 Å². The minimum absolute atomic E-state index is 0.0191. The number of nitrogens with one attached hydrogen (secondary N) is 1. The predicted octanol–water partition coefficient (Wildman–Crippen LogP) is 7.89. The second-order valence-electron chi connectivity index (χ2n) is 7.03. The topological polar surface area (TPSA) is 62.1 Å². The Bertz CT molecular complexity index is 1230. The normalized spacial score (nSPS) is 11.1. The molecule has 0 spiro atoms. The maximum atomic E-state index is 12.6. The number of nitrogens with zero attached hydrogens (tertiary/aromatic N) is 1. The van der Waals surface area contributed by atoms with Crippen molar-refractivity contribution in [1.29, 1.82) is 5.26 Å². The number of nitriles is 1. The molecule has 0 unspecified atom stereocenters. The van der Waals surface area contributed by atoms with Gasteiger partial charge in [0.15, 0.2) is 0 Å². The number of anilines is 1. The van der Waals surface area contributed by atoms with Crippen LogP contribution in [0, 0.1) is 18.5 Å². The molecule has 8 heteroatoms. The van der Waals surface area contributed by atoms with E-state index in [1.807, 2.05) is 48.5 Å². The highest BCUT2D eigenvalue weighted by Gasteiger charge is 2.13. The van der Waals surface area contributed by atoms with Crippen LogP contribution in [-0.4, -0.2) is 5.91 Å². The molecule has 0 fully saturated rings. The van der Waals surface area contributed by atoms with Crippen molar-refractivity contribution in [3.8, 4) is 11.8 Å². The van der Waals surface area contributed by atoms with E-state index in [-0.39, 0.29) is 5.57 Å². The Morgan fingerprint density at radius 2 is 1.67 bits per heavy atom. The second-order valence-corrected chi connectivity index (χ2v) is 10.2. The summed E-state index contributed by atoms with van der Waals surface area (Å²) in [6, 6.07) is 18.7. The van der Waals surface area contributed by atoms with Gasteiger partial charge in [-0.3, -0.25) is 4.79 Å². The van der Waals surface area contributed by atoms with E-state index in [9.17, 15) is 10.1 Å². The summed E-state index contributed by atoms with van der Waals surface area (Å²) in [5, 5.41) is 13.3. The molecule has 3 rings (SSSR count).